The van der Waals surface area contributed by atoms with Crippen LogP contribution in [-0.4, -0.2) is 18.5 Å². The van der Waals surface area contributed by atoms with E-state index in [0.29, 0.717) is 6.54 Å². The predicted octanol–water partition coefficient (Wildman–Crippen LogP) is 0.582. The van der Waals surface area contributed by atoms with Gasteiger partial charge < -0.3 is 11.1 Å². The maximum atomic E-state index is 11.0. The average Bonchev–Trinajstić information content (AvgIpc) is 2.05. The molecule has 0 radical (unpaired) electrons. The molecule has 0 rings (SSSR count). The van der Waals surface area contributed by atoms with Gasteiger partial charge in [0, 0.05) is 18.7 Å². The van der Waals surface area contributed by atoms with Gasteiger partial charge in [-0.3, -0.25) is 4.79 Å². The number of nitrogens with two attached hydrogens (primary N) is 1. The van der Waals surface area contributed by atoms with Gasteiger partial charge in [-0.25, -0.2) is 0 Å². The molecule has 3 heteroatoms. The highest BCUT2D eigenvalue weighted by Gasteiger charge is 1.99. The summed E-state index contributed by atoms with van der Waals surface area (Å²) in [6.07, 6.45) is 6.83. The molecule has 1 amide bonds. The maximum absolute atomic E-state index is 11.0. The average molecular weight is 168 g/mol. The second kappa shape index (κ2) is 6.61. The number of carbonyl (C=O) groups excluding carboxylic acids is 1. The summed E-state index contributed by atoms with van der Waals surface area (Å²) in [7, 11) is 0. The lowest BCUT2D eigenvalue weighted by Gasteiger charge is -2.07. The van der Waals surface area contributed by atoms with Crippen LogP contribution < -0.4 is 11.1 Å². The molecule has 0 aliphatic carbocycles. The first-order valence-corrected chi connectivity index (χ1v) is 4.00. The first kappa shape index (κ1) is 10.9. The van der Waals surface area contributed by atoms with Crippen LogP contribution in [-0.2, 0) is 4.79 Å². The Kier molecular flexibility index (Phi) is 6.01. The Bertz CT molecular complexity index is 185. The number of amides is 1. The molecule has 0 spiro atoms. The molecule has 3 N–H and O–H groups in total. The zero-order valence-corrected chi connectivity index (χ0v) is 7.58. The Labute approximate surface area is 73.3 Å². The van der Waals surface area contributed by atoms with E-state index < -0.39 is 0 Å². The Morgan fingerprint density at radius 1 is 1.58 bits per heavy atom. The molecule has 0 bridgehead atoms. The van der Waals surface area contributed by atoms with E-state index >= 15 is 0 Å². The van der Waals surface area contributed by atoms with Gasteiger partial charge in [0.2, 0.25) is 5.91 Å². The number of hydrogen-bond acceptors (Lipinski definition) is 2. The normalized spacial score (nSPS) is 13.9. The molecule has 12 heavy (non-hydrogen) atoms. The quantitative estimate of drug-likeness (QED) is 0.476. The second-order valence-corrected chi connectivity index (χ2v) is 2.53. The fraction of sp³-hybridized carbons (Fsp3) is 0.444. The van der Waals surface area contributed by atoms with Crippen molar-refractivity contribution in [2.75, 3.05) is 6.54 Å². The van der Waals surface area contributed by atoms with Gasteiger partial charge in [0.15, 0.2) is 0 Å². The molecule has 0 unspecified atom stereocenters. The third-order valence-electron chi connectivity index (χ3n) is 1.29. The molecule has 0 aliphatic heterocycles. The maximum Gasteiger partial charge on any atom is 0.244 e. The Morgan fingerprint density at radius 3 is 2.75 bits per heavy atom. The van der Waals surface area contributed by atoms with Crippen LogP contribution in [0.25, 0.3) is 0 Å². The van der Waals surface area contributed by atoms with E-state index in [9.17, 15) is 4.79 Å². The fourth-order valence-electron chi connectivity index (χ4n) is 0.604. The van der Waals surface area contributed by atoms with Crippen molar-refractivity contribution in [1.82, 2.24) is 5.32 Å². The van der Waals surface area contributed by atoms with E-state index in [1.807, 2.05) is 19.9 Å². The van der Waals surface area contributed by atoms with Crippen molar-refractivity contribution < 1.29 is 4.79 Å². The monoisotopic (exact) mass is 168 g/mol. The Morgan fingerprint density at radius 2 is 2.25 bits per heavy atom. The Hall–Kier alpha value is -1.09. The molecule has 0 heterocycles. The van der Waals surface area contributed by atoms with Crippen LogP contribution in [0.4, 0.5) is 0 Å². The Balaban J connectivity index is 3.73. The van der Waals surface area contributed by atoms with Gasteiger partial charge in [-0.05, 0) is 13.8 Å². The van der Waals surface area contributed by atoms with Crippen LogP contribution in [0.3, 0.4) is 0 Å². The molecule has 1 atom stereocenters. The van der Waals surface area contributed by atoms with E-state index in [1.165, 1.54) is 6.08 Å². The molecule has 0 fully saturated rings. The van der Waals surface area contributed by atoms with Crippen molar-refractivity contribution >= 4 is 5.91 Å². The smallest absolute Gasteiger partial charge is 0.244 e. The highest BCUT2D eigenvalue weighted by molar-refractivity contribution is 5.87. The molecular formula is C9H16N2O. The zero-order chi connectivity index (χ0) is 9.40. The van der Waals surface area contributed by atoms with Gasteiger partial charge in [0.1, 0.15) is 0 Å². The molecule has 3 nitrogen and oxygen atoms in total. The summed E-state index contributed by atoms with van der Waals surface area (Å²) in [5, 5.41) is 2.70. The van der Waals surface area contributed by atoms with Gasteiger partial charge in [0.25, 0.3) is 0 Å². The minimum atomic E-state index is -0.106. The number of allylic oxidation sites excluding steroid dienone is 3. The summed E-state index contributed by atoms with van der Waals surface area (Å²) in [4.78, 5) is 11.0. The highest BCUT2D eigenvalue weighted by Crippen LogP contribution is 1.80. The van der Waals surface area contributed by atoms with Crippen molar-refractivity contribution in [2.45, 2.75) is 19.9 Å². The van der Waals surface area contributed by atoms with Crippen LogP contribution in [0, 0.1) is 0 Å². The van der Waals surface area contributed by atoms with Gasteiger partial charge in [-0.15, -0.1) is 0 Å². The van der Waals surface area contributed by atoms with Gasteiger partial charge in [0.05, 0.1) is 0 Å². The molecule has 68 valence electrons. The lowest BCUT2D eigenvalue weighted by atomic mass is 10.3. The number of nitrogens with one attached hydrogen (secondary N) is 1. The summed E-state index contributed by atoms with van der Waals surface area (Å²) in [6.45, 7) is 4.22. The minimum absolute atomic E-state index is 0.0350. The summed E-state index contributed by atoms with van der Waals surface area (Å²) in [5.74, 6) is -0.106. The zero-order valence-electron chi connectivity index (χ0n) is 7.58. The number of hydrogen-bond donors (Lipinski definition) is 2. The van der Waals surface area contributed by atoms with Gasteiger partial charge in [-0.2, -0.15) is 0 Å². The van der Waals surface area contributed by atoms with E-state index in [1.54, 1.807) is 12.2 Å². The standard InChI is InChI=1S/C9H16N2O/c1-3-4-5-6-9(12)11-8(2)7-10/h3-6,8H,7,10H2,1-2H3,(H,11,12)/t8-/m1/s1. The fourth-order valence-corrected chi connectivity index (χ4v) is 0.604. The molecular weight excluding hydrogens is 152 g/mol. The lowest BCUT2D eigenvalue weighted by Crippen LogP contribution is -2.36. The van der Waals surface area contributed by atoms with Crippen LogP contribution in [0.2, 0.25) is 0 Å². The number of carbonyl (C=O) groups is 1. The van der Waals surface area contributed by atoms with Crippen molar-refractivity contribution in [2.24, 2.45) is 5.73 Å². The molecule has 0 saturated carbocycles. The van der Waals surface area contributed by atoms with Crippen LogP contribution in [0.5, 0.6) is 0 Å². The van der Waals surface area contributed by atoms with Crippen molar-refractivity contribution in [1.29, 1.82) is 0 Å². The van der Waals surface area contributed by atoms with Crippen molar-refractivity contribution in [3.63, 3.8) is 0 Å². The SMILES string of the molecule is CC=CC=CC(=O)N[C@H](C)CN. The summed E-state index contributed by atoms with van der Waals surface area (Å²) < 4.78 is 0. The predicted molar refractivity (Wildman–Crippen MR) is 50.6 cm³/mol. The first-order valence-electron chi connectivity index (χ1n) is 4.00. The topological polar surface area (TPSA) is 55.1 Å². The first-order chi connectivity index (χ1) is 5.70. The van der Waals surface area contributed by atoms with Crippen molar-refractivity contribution in [3.05, 3.63) is 24.3 Å². The van der Waals surface area contributed by atoms with E-state index in [0.717, 1.165) is 0 Å². The van der Waals surface area contributed by atoms with Crippen LogP contribution in [0.1, 0.15) is 13.8 Å². The number of rotatable bonds is 4. The third-order valence-corrected chi connectivity index (χ3v) is 1.29. The van der Waals surface area contributed by atoms with Crippen LogP contribution in [0.15, 0.2) is 24.3 Å². The highest BCUT2D eigenvalue weighted by atomic mass is 16.1. The van der Waals surface area contributed by atoms with E-state index in [4.69, 9.17) is 5.73 Å². The van der Waals surface area contributed by atoms with Crippen LogP contribution >= 0.6 is 0 Å². The van der Waals surface area contributed by atoms with E-state index in [2.05, 4.69) is 5.32 Å². The molecule has 0 aromatic rings. The second-order valence-electron chi connectivity index (χ2n) is 2.53. The van der Waals surface area contributed by atoms with Crippen molar-refractivity contribution in [3.8, 4) is 0 Å². The summed E-state index contributed by atoms with van der Waals surface area (Å²) in [5.41, 5.74) is 5.32. The summed E-state index contributed by atoms with van der Waals surface area (Å²) >= 11 is 0. The van der Waals surface area contributed by atoms with E-state index in [-0.39, 0.29) is 11.9 Å². The van der Waals surface area contributed by atoms with Gasteiger partial charge >= 0.3 is 0 Å². The molecule has 0 aromatic carbocycles. The molecule has 0 saturated heterocycles. The summed E-state index contributed by atoms with van der Waals surface area (Å²) in [6, 6.07) is 0.0350. The minimum Gasteiger partial charge on any atom is -0.349 e. The third kappa shape index (κ3) is 5.68. The largest absolute Gasteiger partial charge is 0.349 e. The lowest BCUT2D eigenvalue weighted by molar-refractivity contribution is -0.117. The molecule has 0 aliphatic rings. The van der Waals surface area contributed by atoms with Gasteiger partial charge in [-0.1, -0.05) is 18.2 Å². The molecule has 0 aromatic heterocycles.